The molecule has 1 N–H and O–H groups in total. The predicted molar refractivity (Wildman–Crippen MR) is 64.1 cm³/mol. The molecule has 0 fully saturated rings. The van der Waals surface area contributed by atoms with E-state index in [9.17, 15) is 4.39 Å². The van der Waals surface area contributed by atoms with E-state index < -0.39 is 0 Å². The third kappa shape index (κ3) is 2.91. The van der Waals surface area contributed by atoms with Gasteiger partial charge in [0.2, 0.25) is 0 Å². The van der Waals surface area contributed by atoms with Crippen molar-refractivity contribution in [3.63, 3.8) is 0 Å². The summed E-state index contributed by atoms with van der Waals surface area (Å²) in [4.78, 5) is 4.13. The van der Waals surface area contributed by atoms with Gasteiger partial charge in [-0.3, -0.25) is 0 Å². The molecule has 0 saturated carbocycles. The molecular weight excluding hydrogens is 219 g/mol. The van der Waals surface area contributed by atoms with Crippen LogP contribution in [0.15, 0.2) is 34.9 Å². The monoisotopic (exact) mass is 234 g/mol. The molecule has 0 aliphatic carbocycles. The molecule has 0 saturated heterocycles. The summed E-state index contributed by atoms with van der Waals surface area (Å²) in [6.07, 6.45) is 2.28. The molecule has 2 aromatic rings. The van der Waals surface area contributed by atoms with Crippen molar-refractivity contribution in [2.24, 2.45) is 0 Å². The fraction of sp³-hybridized carbons (Fsp3) is 0.308. The Hall–Kier alpha value is -1.68. The van der Waals surface area contributed by atoms with Crippen LogP contribution in [-0.2, 0) is 6.42 Å². The van der Waals surface area contributed by atoms with Crippen LogP contribution in [0.5, 0.6) is 0 Å². The number of hydrogen-bond acceptors (Lipinski definition) is 3. The third-order valence-electron chi connectivity index (χ3n) is 2.46. The number of halogens is 1. The van der Waals surface area contributed by atoms with Crippen molar-refractivity contribution < 1.29 is 8.81 Å². The predicted octanol–water partition coefficient (Wildman–Crippen LogP) is 2.63. The standard InChI is InChI=1S/C13H15FN2O/c1-2-15-8-7-13-16-9-12(17-13)10-5-3-4-6-11(10)14/h3-6,9,15H,2,7-8H2,1H3. The van der Waals surface area contributed by atoms with Crippen LogP contribution in [0.4, 0.5) is 4.39 Å². The molecule has 0 spiro atoms. The number of oxazole rings is 1. The van der Waals surface area contributed by atoms with Crippen molar-refractivity contribution in [1.82, 2.24) is 10.3 Å². The van der Waals surface area contributed by atoms with E-state index in [4.69, 9.17) is 4.42 Å². The molecule has 0 radical (unpaired) electrons. The molecule has 2 rings (SSSR count). The molecule has 0 bridgehead atoms. The molecule has 0 unspecified atom stereocenters. The van der Waals surface area contributed by atoms with E-state index in [2.05, 4.69) is 10.3 Å². The maximum absolute atomic E-state index is 13.5. The number of aromatic nitrogens is 1. The van der Waals surface area contributed by atoms with E-state index in [1.54, 1.807) is 24.4 Å². The van der Waals surface area contributed by atoms with Gasteiger partial charge in [-0.05, 0) is 18.7 Å². The van der Waals surface area contributed by atoms with E-state index >= 15 is 0 Å². The molecule has 1 aromatic heterocycles. The zero-order valence-electron chi connectivity index (χ0n) is 9.74. The Morgan fingerprint density at radius 3 is 2.94 bits per heavy atom. The lowest BCUT2D eigenvalue weighted by Gasteiger charge is -1.98. The second-order valence-corrected chi connectivity index (χ2v) is 3.70. The summed E-state index contributed by atoms with van der Waals surface area (Å²) in [5.74, 6) is 0.820. The second kappa shape index (κ2) is 5.59. The highest BCUT2D eigenvalue weighted by molar-refractivity contribution is 5.56. The van der Waals surface area contributed by atoms with Crippen LogP contribution in [0.2, 0.25) is 0 Å². The zero-order valence-corrected chi connectivity index (χ0v) is 9.74. The van der Waals surface area contributed by atoms with Crippen LogP contribution in [-0.4, -0.2) is 18.1 Å². The first kappa shape index (κ1) is 11.8. The lowest BCUT2D eigenvalue weighted by molar-refractivity contribution is 0.494. The number of hydrogen-bond donors (Lipinski definition) is 1. The Bertz CT molecular complexity index is 482. The highest BCUT2D eigenvalue weighted by Gasteiger charge is 2.09. The van der Waals surface area contributed by atoms with E-state index in [0.717, 1.165) is 13.1 Å². The van der Waals surface area contributed by atoms with E-state index in [-0.39, 0.29) is 5.82 Å². The van der Waals surface area contributed by atoms with Crippen LogP contribution in [0.1, 0.15) is 12.8 Å². The first-order chi connectivity index (χ1) is 8.31. The van der Waals surface area contributed by atoms with Gasteiger partial charge in [-0.15, -0.1) is 0 Å². The number of benzene rings is 1. The Morgan fingerprint density at radius 2 is 2.18 bits per heavy atom. The maximum atomic E-state index is 13.5. The maximum Gasteiger partial charge on any atom is 0.196 e. The Kier molecular flexibility index (Phi) is 3.88. The first-order valence-corrected chi connectivity index (χ1v) is 5.71. The molecule has 0 atom stereocenters. The molecule has 90 valence electrons. The van der Waals surface area contributed by atoms with Gasteiger partial charge < -0.3 is 9.73 Å². The minimum Gasteiger partial charge on any atom is -0.441 e. The van der Waals surface area contributed by atoms with Crippen LogP contribution >= 0.6 is 0 Å². The van der Waals surface area contributed by atoms with Gasteiger partial charge in [0.15, 0.2) is 11.7 Å². The SMILES string of the molecule is CCNCCc1ncc(-c2ccccc2F)o1. The molecule has 17 heavy (non-hydrogen) atoms. The summed E-state index contributed by atoms with van der Waals surface area (Å²) < 4.78 is 19.0. The quantitative estimate of drug-likeness (QED) is 0.808. The summed E-state index contributed by atoms with van der Waals surface area (Å²) in [6, 6.07) is 6.53. The van der Waals surface area contributed by atoms with E-state index in [0.29, 0.717) is 23.6 Å². The highest BCUT2D eigenvalue weighted by atomic mass is 19.1. The topological polar surface area (TPSA) is 38.1 Å². The summed E-state index contributed by atoms with van der Waals surface area (Å²) in [5.41, 5.74) is 0.453. The van der Waals surface area contributed by atoms with Crippen molar-refractivity contribution in [3.05, 3.63) is 42.2 Å². The number of nitrogens with zero attached hydrogens (tertiary/aromatic N) is 1. The Morgan fingerprint density at radius 1 is 1.35 bits per heavy atom. The molecule has 0 aliphatic heterocycles. The number of nitrogens with one attached hydrogen (secondary N) is 1. The fourth-order valence-corrected chi connectivity index (χ4v) is 1.58. The van der Waals surface area contributed by atoms with Crippen LogP contribution < -0.4 is 5.32 Å². The molecule has 1 aromatic carbocycles. The molecule has 0 amide bonds. The average Bonchev–Trinajstić information content (AvgIpc) is 2.79. The van der Waals surface area contributed by atoms with Gasteiger partial charge in [-0.25, -0.2) is 9.37 Å². The molecular formula is C13H15FN2O. The minimum absolute atomic E-state index is 0.290. The van der Waals surface area contributed by atoms with E-state index in [1.807, 2.05) is 6.92 Å². The van der Waals surface area contributed by atoms with Gasteiger partial charge in [0.25, 0.3) is 0 Å². The lowest BCUT2D eigenvalue weighted by atomic mass is 10.2. The highest BCUT2D eigenvalue weighted by Crippen LogP contribution is 2.23. The molecule has 0 aliphatic rings. The largest absolute Gasteiger partial charge is 0.441 e. The zero-order chi connectivity index (χ0) is 12.1. The molecule has 3 nitrogen and oxygen atoms in total. The van der Waals surface area contributed by atoms with Gasteiger partial charge in [0.05, 0.1) is 11.8 Å². The fourth-order valence-electron chi connectivity index (χ4n) is 1.58. The summed E-state index contributed by atoms with van der Waals surface area (Å²) in [6.45, 7) is 3.77. The van der Waals surface area contributed by atoms with Crippen molar-refractivity contribution in [2.45, 2.75) is 13.3 Å². The Balaban J connectivity index is 2.10. The van der Waals surface area contributed by atoms with Crippen molar-refractivity contribution >= 4 is 0 Å². The van der Waals surface area contributed by atoms with Crippen molar-refractivity contribution in [2.75, 3.05) is 13.1 Å². The lowest BCUT2D eigenvalue weighted by Crippen LogP contribution is -2.16. The normalized spacial score (nSPS) is 10.7. The summed E-state index contributed by atoms with van der Waals surface area (Å²) >= 11 is 0. The number of rotatable bonds is 5. The van der Waals surface area contributed by atoms with Gasteiger partial charge >= 0.3 is 0 Å². The van der Waals surface area contributed by atoms with Crippen molar-refractivity contribution in [1.29, 1.82) is 0 Å². The van der Waals surface area contributed by atoms with Gasteiger partial charge in [-0.1, -0.05) is 19.1 Å². The summed E-state index contributed by atoms with van der Waals surface area (Å²) in [5, 5.41) is 3.18. The Labute approximate surface area is 99.7 Å². The summed E-state index contributed by atoms with van der Waals surface area (Å²) in [7, 11) is 0. The molecule has 4 heteroatoms. The minimum atomic E-state index is -0.290. The molecule has 1 heterocycles. The van der Waals surface area contributed by atoms with E-state index in [1.165, 1.54) is 6.07 Å². The van der Waals surface area contributed by atoms with Crippen LogP contribution in [0.3, 0.4) is 0 Å². The van der Waals surface area contributed by atoms with Crippen LogP contribution in [0.25, 0.3) is 11.3 Å². The van der Waals surface area contributed by atoms with Crippen molar-refractivity contribution in [3.8, 4) is 11.3 Å². The van der Waals surface area contributed by atoms with Gasteiger partial charge in [0.1, 0.15) is 5.82 Å². The number of likely N-dealkylation sites (N-methyl/N-ethyl adjacent to an activating group) is 1. The second-order valence-electron chi connectivity index (χ2n) is 3.70. The smallest absolute Gasteiger partial charge is 0.196 e. The van der Waals surface area contributed by atoms with Gasteiger partial charge in [-0.2, -0.15) is 0 Å². The van der Waals surface area contributed by atoms with Gasteiger partial charge in [0, 0.05) is 13.0 Å². The average molecular weight is 234 g/mol. The van der Waals surface area contributed by atoms with Crippen LogP contribution in [0, 0.1) is 5.82 Å². The first-order valence-electron chi connectivity index (χ1n) is 5.71. The third-order valence-corrected chi connectivity index (χ3v) is 2.46.